The summed E-state index contributed by atoms with van der Waals surface area (Å²) in [6.07, 6.45) is 23.2. The van der Waals surface area contributed by atoms with E-state index < -0.39 is 0 Å². The van der Waals surface area contributed by atoms with Crippen LogP contribution in [0.3, 0.4) is 0 Å². The molecule has 0 saturated heterocycles. The van der Waals surface area contributed by atoms with Gasteiger partial charge in [-0.15, -0.1) is 0 Å². The number of phenols is 1. The molecule has 0 bridgehead atoms. The maximum atomic E-state index is 9.45. The lowest BCUT2D eigenvalue weighted by Gasteiger charge is -2.06. The summed E-state index contributed by atoms with van der Waals surface area (Å²) in [5.41, 5.74) is 2.62. The first kappa shape index (κ1) is 23.4. The van der Waals surface area contributed by atoms with Crippen LogP contribution >= 0.6 is 11.8 Å². The van der Waals surface area contributed by atoms with E-state index in [9.17, 15) is 5.11 Å². The van der Waals surface area contributed by atoms with Gasteiger partial charge in [0.25, 0.3) is 0 Å². The maximum absolute atomic E-state index is 9.45. The molecule has 0 amide bonds. The zero-order valence-electron chi connectivity index (χ0n) is 17.4. The van der Waals surface area contributed by atoms with E-state index in [0.29, 0.717) is 5.75 Å². The van der Waals surface area contributed by atoms with Crippen molar-refractivity contribution in [2.24, 2.45) is 0 Å². The second-order valence-electron chi connectivity index (χ2n) is 7.80. The summed E-state index contributed by atoms with van der Waals surface area (Å²) in [6.45, 7) is 2.10. The third-order valence-corrected chi connectivity index (χ3v) is 6.07. The van der Waals surface area contributed by atoms with Crippen LogP contribution in [0.2, 0.25) is 0 Å². The number of aromatic hydroxyl groups is 1. The Bertz CT molecular complexity index is 444. The normalized spacial score (nSPS) is 11.2. The molecule has 0 unspecified atom stereocenters. The van der Waals surface area contributed by atoms with Crippen molar-refractivity contribution in [3.63, 3.8) is 0 Å². The van der Waals surface area contributed by atoms with E-state index in [1.807, 2.05) is 23.9 Å². The fourth-order valence-corrected chi connectivity index (χ4v) is 4.14. The van der Waals surface area contributed by atoms with E-state index in [-0.39, 0.29) is 0 Å². The van der Waals surface area contributed by atoms with Crippen molar-refractivity contribution in [3.8, 4) is 5.75 Å². The minimum absolute atomic E-state index is 0.386. The van der Waals surface area contributed by atoms with Gasteiger partial charge in [0.2, 0.25) is 0 Å². The van der Waals surface area contributed by atoms with Crippen LogP contribution in [0.25, 0.3) is 0 Å². The van der Waals surface area contributed by atoms with Crippen LogP contribution in [-0.4, -0.2) is 17.1 Å². The first-order valence-electron chi connectivity index (χ1n) is 11.0. The maximum Gasteiger partial charge on any atom is 0.115 e. The van der Waals surface area contributed by atoms with Crippen molar-refractivity contribution in [2.45, 2.75) is 103 Å². The van der Waals surface area contributed by atoms with Crippen LogP contribution in [0.15, 0.2) is 18.2 Å². The average Bonchev–Trinajstić information content (AvgIpc) is 2.63. The number of benzene rings is 1. The fourth-order valence-electron chi connectivity index (χ4n) is 3.64. The Morgan fingerprint density at radius 1 is 0.692 bits per heavy atom. The topological polar surface area (TPSA) is 20.2 Å². The summed E-state index contributed by atoms with van der Waals surface area (Å²) in [5.74, 6) is 1.73. The largest absolute Gasteiger partial charge is 0.508 e. The van der Waals surface area contributed by atoms with E-state index in [0.717, 1.165) is 6.42 Å². The second-order valence-corrected chi connectivity index (χ2v) is 8.79. The molecule has 0 aromatic heterocycles. The summed E-state index contributed by atoms with van der Waals surface area (Å²) < 4.78 is 0. The highest BCUT2D eigenvalue weighted by molar-refractivity contribution is 7.98. The fraction of sp³-hybridized carbons (Fsp3) is 0.750. The lowest BCUT2D eigenvalue weighted by Crippen LogP contribution is -1.90. The van der Waals surface area contributed by atoms with Gasteiger partial charge in [0.15, 0.2) is 0 Å². The molecule has 1 rings (SSSR count). The Balaban J connectivity index is 1.79. The highest BCUT2D eigenvalue weighted by Crippen LogP contribution is 2.18. The molecule has 0 aliphatic rings. The molecule has 0 aliphatic carbocycles. The van der Waals surface area contributed by atoms with Crippen LogP contribution in [0, 0.1) is 6.92 Å². The van der Waals surface area contributed by atoms with Crippen LogP contribution < -0.4 is 0 Å². The molecule has 0 radical (unpaired) electrons. The van der Waals surface area contributed by atoms with Crippen molar-refractivity contribution in [2.75, 3.05) is 12.0 Å². The predicted octanol–water partition coefficient (Wildman–Crippen LogP) is 8.07. The molecule has 1 aromatic carbocycles. The van der Waals surface area contributed by atoms with Crippen molar-refractivity contribution in [1.29, 1.82) is 0 Å². The standard InChI is InChI=1S/C24H42OS/c1-22-21-24(25)19-18-23(22)17-15-13-11-9-7-5-3-4-6-8-10-12-14-16-20-26-2/h18-19,21,25H,3-17,20H2,1-2H3. The molecule has 0 saturated carbocycles. The summed E-state index contributed by atoms with van der Waals surface area (Å²) in [5, 5.41) is 9.45. The van der Waals surface area contributed by atoms with Gasteiger partial charge >= 0.3 is 0 Å². The predicted molar refractivity (Wildman–Crippen MR) is 120 cm³/mol. The zero-order valence-corrected chi connectivity index (χ0v) is 18.2. The minimum Gasteiger partial charge on any atom is -0.508 e. The zero-order chi connectivity index (χ0) is 18.9. The molecule has 1 nitrogen and oxygen atoms in total. The molecule has 26 heavy (non-hydrogen) atoms. The van der Waals surface area contributed by atoms with Crippen molar-refractivity contribution >= 4 is 11.8 Å². The Hall–Kier alpha value is -0.630. The molecule has 1 aromatic rings. The molecule has 0 atom stereocenters. The quantitative estimate of drug-likeness (QED) is 0.276. The summed E-state index contributed by atoms with van der Waals surface area (Å²) in [4.78, 5) is 0. The SMILES string of the molecule is CSCCCCCCCCCCCCCCCCc1ccc(O)cc1C. The molecule has 0 spiro atoms. The molecule has 0 heterocycles. The number of hydrogen-bond donors (Lipinski definition) is 1. The molecule has 2 heteroatoms. The van der Waals surface area contributed by atoms with E-state index in [4.69, 9.17) is 0 Å². The molecule has 0 fully saturated rings. The van der Waals surface area contributed by atoms with Gasteiger partial charge in [0, 0.05) is 0 Å². The Labute approximate surface area is 167 Å². The third-order valence-electron chi connectivity index (χ3n) is 5.37. The smallest absolute Gasteiger partial charge is 0.115 e. The first-order chi connectivity index (χ1) is 12.7. The monoisotopic (exact) mass is 378 g/mol. The van der Waals surface area contributed by atoms with Gasteiger partial charge in [-0.25, -0.2) is 0 Å². The van der Waals surface area contributed by atoms with Crippen molar-refractivity contribution in [3.05, 3.63) is 29.3 Å². The van der Waals surface area contributed by atoms with E-state index in [1.165, 1.54) is 107 Å². The van der Waals surface area contributed by atoms with E-state index in [2.05, 4.69) is 19.2 Å². The lowest BCUT2D eigenvalue weighted by molar-refractivity contribution is 0.474. The van der Waals surface area contributed by atoms with Crippen LogP contribution in [0.1, 0.15) is 101 Å². The van der Waals surface area contributed by atoms with E-state index in [1.54, 1.807) is 0 Å². The highest BCUT2D eigenvalue weighted by Gasteiger charge is 2.00. The van der Waals surface area contributed by atoms with Crippen molar-refractivity contribution < 1.29 is 5.11 Å². The molecular formula is C24H42OS. The van der Waals surface area contributed by atoms with Crippen molar-refractivity contribution in [1.82, 2.24) is 0 Å². The Kier molecular flexibility index (Phi) is 14.9. The Morgan fingerprint density at radius 3 is 1.62 bits per heavy atom. The number of rotatable bonds is 17. The molecular weight excluding hydrogens is 336 g/mol. The summed E-state index contributed by atoms with van der Waals surface area (Å²) in [7, 11) is 0. The first-order valence-corrected chi connectivity index (χ1v) is 12.4. The minimum atomic E-state index is 0.386. The second kappa shape index (κ2) is 16.5. The van der Waals surface area contributed by atoms with Crippen LogP contribution in [-0.2, 0) is 6.42 Å². The Morgan fingerprint density at radius 2 is 1.15 bits per heavy atom. The van der Waals surface area contributed by atoms with Crippen LogP contribution in [0.5, 0.6) is 5.75 Å². The summed E-state index contributed by atoms with van der Waals surface area (Å²) >= 11 is 1.98. The third kappa shape index (κ3) is 12.7. The lowest BCUT2D eigenvalue weighted by atomic mass is 10.0. The van der Waals surface area contributed by atoms with Gasteiger partial charge in [-0.1, -0.05) is 83.1 Å². The van der Waals surface area contributed by atoms with Gasteiger partial charge in [-0.2, -0.15) is 11.8 Å². The van der Waals surface area contributed by atoms with Gasteiger partial charge in [0.05, 0.1) is 0 Å². The molecule has 150 valence electrons. The van der Waals surface area contributed by atoms with Gasteiger partial charge in [-0.05, 0) is 61.5 Å². The highest BCUT2D eigenvalue weighted by atomic mass is 32.2. The number of aryl methyl sites for hydroxylation is 2. The summed E-state index contributed by atoms with van der Waals surface area (Å²) in [6, 6.07) is 5.77. The number of phenolic OH excluding ortho intramolecular Hbond substituents is 1. The number of thioether (sulfide) groups is 1. The van der Waals surface area contributed by atoms with E-state index >= 15 is 0 Å². The van der Waals surface area contributed by atoms with Gasteiger partial charge in [-0.3, -0.25) is 0 Å². The average molecular weight is 379 g/mol. The van der Waals surface area contributed by atoms with Gasteiger partial charge < -0.3 is 5.11 Å². The molecule has 1 N–H and O–H groups in total. The van der Waals surface area contributed by atoms with Gasteiger partial charge in [0.1, 0.15) is 5.75 Å². The number of unbranched alkanes of at least 4 members (excludes halogenated alkanes) is 13. The van der Waals surface area contributed by atoms with Crippen LogP contribution in [0.4, 0.5) is 0 Å². The molecule has 0 aliphatic heterocycles. The number of hydrogen-bond acceptors (Lipinski definition) is 2.